The maximum atomic E-state index is 12.6. The fourth-order valence-electron chi connectivity index (χ4n) is 2.53. The van der Waals surface area contributed by atoms with E-state index in [4.69, 9.17) is 15.6 Å². The third-order valence-corrected chi connectivity index (χ3v) is 3.72. The van der Waals surface area contributed by atoms with Crippen LogP contribution in [0.15, 0.2) is 24.3 Å². The zero-order valence-corrected chi connectivity index (χ0v) is 12.7. The molecule has 2 rings (SSSR count). The van der Waals surface area contributed by atoms with Crippen LogP contribution in [0.5, 0.6) is 0 Å². The van der Waals surface area contributed by atoms with Crippen molar-refractivity contribution >= 4 is 17.8 Å². The number of benzene rings is 1. The Morgan fingerprint density at radius 2 is 2.04 bits per heavy atom. The number of carbonyl (C=O) groups excluding carboxylic acids is 2. The van der Waals surface area contributed by atoms with Crippen molar-refractivity contribution in [2.45, 2.75) is 25.4 Å². The molecule has 0 bridgehead atoms. The summed E-state index contributed by atoms with van der Waals surface area (Å²) >= 11 is 0. The van der Waals surface area contributed by atoms with Crippen LogP contribution in [0.2, 0.25) is 0 Å². The van der Waals surface area contributed by atoms with Crippen molar-refractivity contribution in [2.24, 2.45) is 5.73 Å². The van der Waals surface area contributed by atoms with E-state index < -0.39 is 11.9 Å². The van der Waals surface area contributed by atoms with Gasteiger partial charge in [-0.05, 0) is 31.0 Å². The van der Waals surface area contributed by atoms with Crippen LogP contribution < -0.4 is 5.73 Å². The minimum absolute atomic E-state index is 0.0768. The Hall–Kier alpha value is -2.41. The van der Waals surface area contributed by atoms with E-state index in [1.165, 1.54) is 17.0 Å². The number of ether oxygens (including phenoxy) is 1. The van der Waals surface area contributed by atoms with Crippen molar-refractivity contribution in [3.8, 4) is 0 Å². The molecule has 3 N–H and O–H groups in total. The third-order valence-electron chi connectivity index (χ3n) is 3.72. The molecule has 23 heavy (non-hydrogen) atoms. The summed E-state index contributed by atoms with van der Waals surface area (Å²) in [5.41, 5.74) is 5.78. The third kappa shape index (κ3) is 4.79. The largest absolute Gasteiger partial charge is 0.481 e. The van der Waals surface area contributed by atoms with Crippen LogP contribution in [-0.4, -0.2) is 53.6 Å². The Morgan fingerprint density at radius 1 is 1.30 bits per heavy atom. The summed E-state index contributed by atoms with van der Waals surface area (Å²) in [6.07, 6.45) is 1.56. The standard InChI is InChI=1S/C16H20N2O5/c17-15(21)11-3-1-4-12(9-11)16(22)18(7-6-14(19)20)10-13-5-2-8-23-13/h1,3-4,9,13H,2,5-8,10H2,(H2,17,21)(H,19,20). The van der Waals surface area contributed by atoms with E-state index in [9.17, 15) is 14.4 Å². The topological polar surface area (TPSA) is 110 Å². The lowest BCUT2D eigenvalue weighted by Crippen LogP contribution is -2.38. The molecule has 0 saturated carbocycles. The van der Waals surface area contributed by atoms with Gasteiger partial charge in [-0.1, -0.05) is 6.07 Å². The SMILES string of the molecule is NC(=O)c1cccc(C(=O)N(CCC(=O)O)CC2CCCO2)c1. The summed E-state index contributed by atoms with van der Waals surface area (Å²) in [6.45, 7) is 1.09. The molecular formula is C16H20N2O5. The summed E-state index contributed by atoms with van der Waals surface area (Å²) in [5.74, 6) is -1.92. The first-order chi connectivity index (χ1) is 11.0. The van der Waals surface area contributed by atoms with Crippen LogP contribution in [0.25, 0.3) is 0 Å². The number of nitrogens with zero attached hydrogens (tertiary/aromatic N) is 1. The molecule has 0 radical (unpaired) electrons. The molecule has 2 amide bonds. The molecule has 1 aliphatic rings. The first-order valence-electron chi connectivity index (χ1n) is 7.50. The van der Waals surface area contributed by atoms with Crippen LogP contribution in [-0.2, 0) is 9.53 Å². The minimum Gasteiger partial charge on any atom is -0.481 e. The lowest BCUT2D eigenvalue weighted by Gasteiger charge is -2.25. The Balaban J connectivity index is 2.14. The summed E-state index contributed by atoms with van der Waals surface area (Å²) in [7, 11) is 0. The Morgan fingerprint density at radius 3 is 2.65 bits per heavy atom. The van der Waals surface area contributed by atoms with E-state index in [1.54, 1.807) is 12.1 Å². The van der Waals surface area contributed by atoms with Crippen molar-refractivity contribution < 1.29 is 24.2 Å². The van der Waals surface area contributed by atoms with E-state index in [0.717, 1.165) is 12.8 Å². The van der Waals surface area contributed by atoms with Gasteiger partial charge in [-0.15, -0.1) is 0 Å². The molecule has 1 aliphatic heterocycles. The normalized spacial score (nSPS) is 17.0. The lowest BCUT2D eigenvalue weighted by molar-refractivity contribution is -0.137. The Labute approximate surface area is 134 Å². The second kappa shape index (κ2) is 7.73. The van der Waals surface area contributed by atoms with E-state index in [2.05, 4.69) is 0 Å². The number of primary amides is 1. The number of nitrogens with two attached hydrogens (primary N) is 1. The summed E-state index contributed by atoms with van der Waals surface area (Å²) in [5, 5.41) is 8.86. The summed E-state index contributed by atoms with van der Waals surface area (Å²) in [4.78, 5) is 36.2. The number of hydrogen-bond donors (Lipinski definition) is 2. The van der Waals surface area contributed by atoms with Crippen molar-refractivity contribution in [3.05, 3.63) is 35.4 Å². The number of carbonyl (C=O) groups is 3. The Bertz CT molecular complexity index is 596. The van der Waals surface area contributed by atoms with E-state index >= 15 is 0 Å². The predicted molar refractivity (Wildman–Crippen MR) is 82.1 cm³/mol. The molecule has 1 saturated heterocycles. The summed E-state index contributed by atoms with van der Waals surface area (Å²) < 4.78 is 5.52. The smallest absolute Gasteiger partial charge is 0.305 e. The van der Waals surface area contributed by atoms with Gasteiger partial charge in [0.1, 0.15) is 0 Å². The van der Waals surface area contributed by atoms with Crippen LogP contribution in [0.1, 0.15) is 40.0 Å². The highest BCUT2D eigenvalue weighted by molar-refractivity contribution is 5.99. The summed E-state index contributed by atoms with van der Waals surface area (Å²) in [6, 6.07) is 6.11. The molecule has 7 nitrogen and oxygen atoms in total. The van der Waals surface area contributed by atoms with Crippen molar-refractivity contribution in [2.75, 3.05) is 19.7 Å². The van der Waals surface area contributed by atoms with Gasteiger partial charge >= 0.3 is 5.97 Å². The molecule has 1 heterocycles. The second-order valence-corrected chi connectivity index (χ2v) is 5.47. The van der Waals surface area contributed by atoms with Crippen molar-refractivity contribution in [3.63, 3.8) is 0 Å². The maximum Gasteiger partial charge on any atom is 0.305 e. The number of hydrogen-bond acceptors (Lipinski definition) is 4. The minimum atomic E-state index is -0.971. The average molecular weight is 320 g/mol. The molecule has 1 fully saturated rings. The Kier molecular flexibility index (Phi) is 5.70. The van der Waals surface area contributed by atoms with Crippen molar-refractivity contribution in [1.29, 1.82) is 0 Å². The van der Waals surface area contributed by atoms with Crippen LogP contribution in [0.3, 0.4) is 0 Å². The van der Waals surface area contributed by atoms with E-state index in [1.807, 2.05) is 0 Å². The fourth-order valence-corrected chi connectivity index (χ4v) is 2.53. The fraction of sp³-hybridized carbons (Fsp3) is 0.438. The van der Waals surface area contributed by atoms with Gasteiger partial charge in [-0.25, -0.2) is 0 Å². The van der Waals surface area contributed by atoms with E-state index in [0.29, 0.717) is 18.7 Å². The number of carboxylic acids is 1. The molecule has 7 heteroatoms. The van der Waals surface area contributed by atoms with Crippen LogP contribution in [0, 0.1) is 0 Å². The molecule has 1 unspecified atom stereocenters. The highest BCUT2D eigenvalue weighted by Crippen LogP contribution is 2.16. The zero-order chi connectivity index (χ0) is 16.8. The van der Waals surface area contributed by atoms with Crippen LogP contribution in [0.4, 0.5) is 0 Å². The first kappa shape index (κ1) is 17.0. The second-order valence-electron chi connectivity index (χ2n) is 5.47. The van der Waals surface area contributed by atoms with Gasteiger partial charge in [-0.2, -0.15) is 0 Å². The molecule has 1 aromatic carbocycles. The highest BCUT2D eigenvalue weighted by atomic mass is 16.5. The number of aliphatic carboxylic acids is 1. The van der Waals surface area contributed by atoms with E-state index in [-0.39, 0.29) is 30.5 Å². The molecule has 1 atom stereocenters. The zero-order valence-electron chi connectivity index (χ0n) is 12.7. The number of rotatable bonds is 7. The van der Waals surface area contributed by atoms with Gasteiger partial charge in [0.15, 0.2) is 0 Å². The molecule has 0 aliphatic carbocycles. The van der Waals surface area contributed by atoms with Gasteiger partial charge < -0.3 is 20.5 Å². The van der Waals surface area contributed by atoms with Gasteiger partial charge in [0.25, 0.3) is 5.91 Å². The molecule has 1 aromatic rings. The number of carboxylic acid groups (broad SMARTS) is 1. The molecular weight excluding hydrogens is 300 g/mol. The molecule has 0 aromatic heterocycles. The van der Waals surface area contributed by atoms with Crippen LogP contribution >= 0.6 is 0 Å². The highest BCUT2D eigenvalue weighted by Gasteiger charge is 2.24. The van der Waals surface area contributed by atoms with Gasteiger partial charge in [-0.3, -0.25) is 14.4 Å². The van der Waals surface area contributed by atoms with Gasteiger partial charge in [0, 0.05) is 30.8 Å². The average Bonchev–Trinajstić information content (AvgIpc) is 3.03. The quantitative estimate of drug-likeness (QED) is 0.775. The first-order valence-corrected chi connectivity index (χ1v) is 7.50. The number of amides is 2. The molecule has 124 valence electrons. The van der Waals surface area contributed by atoms with Gasteiger partial charge in [0.2, 0.25) is 5.91 Å². The van der Waals surface area contributed by atoms with Crippen molar-refractivity contribution in [1.82, 2.24) is 4.90 Å². The van der Waals surface area contributed by atoms with Gasteiger partial charge in [0.05, 0.1) is 12.5 Å². The monoisotopic (exact) mass is 320 g/mol. The maximum absolute atomic E-state index is 12.6. The molecule has 0 spiro atoms. The lowest BCUT2D eigenvalue weighted by atomic mass is 10.1. The predicted octanol–water partition coefficient (Wildman–Crippen LogP) is 0.881.